The number of nitrogens with zero attached hydrogens (tertiary/aromatic N) is 2. The number of carboxylic acid groups (broad SMARTS) is 2. The minimum absolute atomic E-state index is 0.0228. The van der Waals surface area contributed by atoms with Gasteiger partial charge in [0.2, 0.25) is 0 Å². The standard InChI is InChI=1S/C31H25ClN2O5/c32-23-12-10-21-11-13-24(33-27(21)17-23)19-39-25-14-7-20(8-15-25)6-9-22-3-1-4-28-30(22)26(31(37)38)18-34(28)16-2-5-29(35)36/h1,3-4,6-15,17-18H,2,5,16,19H2,(H,35,36)(H,37,38). The second-order valence-corrected chi connectivity index (χ2v) is 9.55. The van der Waals surface area contributed by atoms with E-state index in [4.69, 9.17) is 21.4 Å². The van der Waals surface area contributed by atoms with Gasteiger partial charge >= 0.3 is 11.9 Å². The number of aliphatic carboxylic acids is 1. The number of halogens is 1. The van der Waals surface area contributed by atoms with Crippen LogP contribution in [0.1, 0.15) is 40.0 Å². The fourth-order valence-electron chi connectivity index (χ4n) is 4.50. The third kappa shape index (κ3) is 6.10. The Morgan fingerprint density at radius 2 is 1.77 bits per heavy atom. The maximum atomic E-state index is 12.0. The molecule has 5 aromatic rings. The molecule has 8 heteroatoms. The lowest BCUT2D eigenvalue weighted by Gasteiger charge is -2.07. The molecule has 196 valence electrons. The summed E-state index contributed by atoms with van der Waals surface area (Å²) >= 11 is 6.08. The van der Waals surface area contributed by atoms with Crippen molar-refractivity contribution in [3.05, 3.63) is 106 Å². The summed E-state index contributed by atoms with van der Waals surface area (Å²) in [4.78, 5) is 27.5. The molecule has 0 radical (unpaired) electrons. The molecule has 0 fully saturated rings. The lowest BCUT2D eigenvalue weighted by Crippen LogP contribution is -2.01. The van der Waals surface area contributed by atoms with Crippen LogP contribution >= 0.6 is 11.6 Å². The summed E-state index contributed by atoms with van der Waals surface area (Å²) in [6.07, 6.45) is 5.82. The van der Waals surface area contributed by atoms with Crippen molar-refractivity contribution in [1.82, 2.24) is 9.55 Å². The number of hydrogen-bond donors (Lipinski definition) is 2. The maximum Gasteiger partial charge on any atom is 0.337 e. The van der Waals surface area contributed by atoms with Gasteiger partial charge in [0, 0.05) is 40.5 Å². The molecule has 39 heavy (non-hydrogen) atoms. The lowest BCUT2D eigenvalue weighted by molar-refractivity contribution is -0.137. The molecule has 0 aliphatic carbocycles. The third-order valence-electron chi connectivity index (χ3n) is 6.39. The number of aryl methyl sites for hydroxylation is 1. The second kappa shape index (κ2) is 11.4. The Bertz CT molecular complexity index is 1710. The largest absolute Gasteiger partial charge is 0.487 e. The average Bonchev–Trinajstić information content (AvgIpc) is 3.30. The van der Waals surface area contributed by atoms with Gasteiger partial charge in [0.05, 0.1) is 16.8 Å². The van der Waals surface area contributed by atoms with Crippen molar-refractivity contribution in [2.75, 3.05) is 0 Å². The fraction of sp³-hybridized carbons (Fsp3) is 0.129. The number of hydrogen-bond acceptors (Lipinski definition) is 4. The van der Waals surface area contributed by atoms with Crippen LogP contribution < -0.4 is 4.74 Å². The predicted octanol–water partition coefficient (Wildman–Crippen LogP) is 7.16. The Balaban J connectivity index is 1.30. The van der Waals surface area contributed by atoms with Crippen LogP contribution in [-0.2, 0) is 17.9 Å². The van der Waals surface area contributed by atoms with Crippen molar-refractivity contribution in [2.45, 2.75) is 26.0 Å². The minimum Gasteiger partial charge on any atom is -0.487 e. The normalized spacial score (nSPS) is 11.4. The Hall–Kier alpha value is -4.62. The molecule has 0 aliphatic rings. The van der Waals surface area contributed by atoms with Crippen LogP contribution in [0.5, 0.6) is 5.75 Å². The highest BCUT2D eigenvalue weighted by atomic mass is 35.5. The highest BCUT2D eigenvalue weighted by molar-refractivity contribution is 6.31. The van der Waals surface area contributed by atoms with Crippen molar-refractivity contribution in [3.63, 3.8) is 0 Å². The molecule has 0 aliphatic heterocycles. The van der Waals surface area contributed by atoms with Crippen molar-refractivity contribution in [1.29, 1.82) is 0 Å². The van der Waals surface area contributed by atoms with Crippen LogP contribution in [0, 0.1) is 0 Å². The van der Waals surface area contributed by atoms with E-state index in [0.717, 1.165) is 33.2 Å². The van der Waals surface area contributed by atoms with Crippen LogP contribution in [0.4, 0.5) is 0 Å². The molecule has 2 heterocycles. The zero-order valence-electron chi connectivity index (χ0n) is 20.9. The summed E-state index contributed by atoms with van der Waals surface area (Å²) in [5.74, 6) is -1.20. The lowest BCUT2D eigenvalue weighted by atomic mass is 10.0. The summed E-state index contributed by atoms with van der Waals surface area (Å²) in [6, 6.07) is 22.7. The van der Waals surface area contributed by atoms with E-state index in [1.54, 1.807) is 6.20 Å². The number of aromatic nitrogens is 2. The van der Waals surface area contributed by atoms with Crippen LogP contribution in [0.15, 0.2) is 79.0 Å². The zero-order valence-corrected chi connectivity index (χ0v) is 21.6. The Morgan fingerprint density at radius 1 is 0.974 bits per heavy atom. The predicted molar refractivity (Wildman–Crippen MR) is 152 cm³/mol. The number of fused-ring (bicyclic) bond motifs is 2. The summed E-state index contributed by atoms with van der Waals surface area (Å²) in [7, 11) is 0. The molecule has 7 nitrogen and oxygen atoms in total. The quantitative estimate of drug-likeness (QED) is 0.182. The maximum absolute atomic E-state index is 12.0. The number of aromatic carboxylic acids is 1. The van der Waals surface area contributed by atoms with Crippen LogP contribution in [-0.4, -0.2) is 31.7 Å². The number of carbonyl (C=O) groups is 2. The molecule has 0 saturated carbocycles. The van der Waals surface area contributed by atoms with Gasteiger partial charge in [-0.1, -0.05) is 60.2 Å². The van der Waals surface area contributed by atoms with Gasteiger partial charge in [-0.2, -0.15) is 0 Å². The first-order chi connectivity index (χ1) is 18.9. The van der Waals surface area contributed by atoms with E-state index in [1.807, 2.05) is 89.5 Å². The average molecular weight is 541 g/mol. The second-order valence-electron chi connectivity index (χ2n) is 9.11. The van der Waals surface area contributed by atoms with Gasteiger partial charge in [-0.3, -0.25) is 4.79 Å². The highest BCUT2D eigenvalue weighted by Gasteiger charge is 2.16. The van der Waals surface area contributed by atoms with Crippen LogP contribution in [0.2, 0.25) is 5.02 Å². The first-order valence-corrected chi connectivity index (χ1v) is 12.8. The molecule has 0 bridgehead atoms. The number of benzene rings is 3. The summed E-state index contributed by atoms with van der Waals surface area (Å²) in [5.41, 5.74) is 4.26. The van der Waals surface area contributed by atoms with Crippen molar-refractivity contribution < 1.29 is 24.5 Å². The first-order valence-electron chi connectivity index (χ1n) is 12.4. The number of rotatable bonds is 10. The summed E-state index contributed by atoms with van der Waals surface area (Å²) in [5, 5.41) is 21.0. The van der Waals surface area contributed by atoms with Crippen LogP contribution in [0.3, 0.4) is 0 Å². The molecule has 2 N–H and O–H groups in total. The van der Waals surface area contributed by atoms with Gasteiger partial charge in [-0.05, 0) is 53.9 Å². The highest BCUT2D eigenvalue weighted by Crippen LogP contribution is 2.28. The molecule has 5 rings (SSSR count). The molecular weight excluding hydrogens is 516 g/mol. The molecule has 0 unspecified atom stereocenters. The fourth-order valence-corrected chi connectivity index (χ4v) is 4.66. The molecular formula is C31H25ClN2O5. The number of ether oxygens (including phenoxy) is 1. The Morgan fingerprint density at radius 3 is 2.54 bits per heavy atom. The molecule has 0 saturated heterocycles. The molecule has 0 amide bonds. The number of carboxylic acids is 2. The van der Waals surface area contributed by atoms with E-state index >= 15 is 0 Å². The van der Waals surface area contributed by atoms with Gasteiger partial charge in [-0.25, -0.2) is 9.78 Å². The van der Waals surface area contributed by atoms with E-state index in [-0.39, 0.29) is 12.0 Å². The first kappa shape index (κ1) is 26.0. The van der Waals surface area contributed by atoms with E-state index in [9.17, 15) is 14.7 Å². The smallest absolute Gasteiger partial charge is 0.337 e. The molecule has 3 aromatic carbocycles. The van der Waals surface area contributed by atoms with Gasteiger partial charge in [0.25, 0.3) is 0 Å². The SMILES string of the molecule is O=C(O)CCCn1cc(C(=O)O)c2c(C=Cc3ccc(OCc4ccc5ccc(Cl)cc5n4)cc3)cccc21. The molecule has 0 spiro atoms. The molecule has 2 aromatic heterocycles. The monoisotopic (exact) mass is 540 g/mol. The van der Waals surface area contributed by atoms with Gasteiger partial charge in [0.15, 0.2) is 0 Å². The summed E-state index contributed by atoms with van der Waals surface area (Å²) in [6.45, 7) is 0.744. The van der Waals surface area contributed by atoms with Crippen LogP contribution in [0.25, 0.3) is 34.0 Å². The van der Waals surface area contributed by atoms with Gasteiger partial charge < -0.3 is 19.5 Å². The van der Waals surface area contributed by atoms with Gasteiger partial charge in [-0.15, -0.1) is 0 Å². The zero-order chi connectivity index (χ0) is 27.4. The van der Waals surface area contributed by atoms with E-state index in [2.05, 4.69) is 4.98 Å². The van der Waals surface area contributed by atoms with E-state index in [0.29, 0.717) is 35.7 Å². The van der Waals surface area contributed by atoms with E-state index < -0.39 is 11.9 Å². The summed E-state index contributed by atoms with van der Waals surface area (Å²) < 4.78 is 7.72. The minimum atomic E-state index is -1.02. The topological polar surface area (TPSA) is 102 Å². The van der Waals surface area contributed by atoms with E-state index in [1.165, 1.54) is 0 Å². The van der Waals surface area contributed by atoms with Crippen molar-refractivity contribution in [2.24, 2.45) is 0 Å². The third-order valence-corrected chi connectivity index (χ3v) is 6.63. The Labute approximate surface area is 229 Å². The molecule has 0 atom stereocenters. The van der Waals surface area contributed by atoms with Gasteiger partial charge in [0.1, 0.15) is 12.4 Å². The van der Waals surface area contributed by atoms with Crippen molar-refractivity contribution in [3.8, 4) is 5.75 Å². The number of pyridine rings is 1. The Kier molecular flexibility index (Phi) is 7.61. The van der Waals surface area contributed by atoms with Crippen molar-refractivity contribution >= 4 is 57.5 Å².